The van der Waals surface area contributed by atoms with Gasteiger partial charge in [-0.2, -0.15) is 0 Å². The van der Waals surface area contributed by atoms with Crippen molar-refractivity contribution in [2.45, 2.75) is 18.1 Å². The van der Waals surface area contributed by atoms with Gasteiger partial charge >= 0.3 is 0 Å². The number of thioether (sulfide) groups is 1. The average Bonchev–Trinajstić information content (AvgIpc) is 3.35. The van der Waals surface area contributed by atoms with Crippen LogP contribution in [0, 0.1) is 0 Å². The number of ether oxygens (including phenoxy) is 1. The van der Waals surface area contributed by atoms with Gasteiger partial charge in [0.2, 0.25) is 11.7 Å². The van der Waals surface area contributed by atoms with E-state index in [1.807, 2.05) is 77.2 Å². The Labute approximate surface area is 211 Å². The van der Waals surface area contributed by atoms with Gasteiger partial charge in [0.15, 0.2) is 5.16 Å². The van der Waals surface area contributed by atoms with Crippen molar-refractivity contribution in [1.82, 2.24) is 24.5 Å². The standard InChI is InChI=1S/C27H25N5O3S/c1-35-23-14-8-5-11-20(23)17-31-25(34)21-12-6-7-13-22(21)32-26(31)29-30-27(32)36-18-24(33)28-16-15-19-9-3-2-4-10-19/h2-14H,15-18H2,1H3,(H,28,33). The van der Waals surface area contributed by atoms with Crippen molar-refractivity contribution < 1.29 is 9.53 Å². The second-order valence-corrected chi connectivity index (χ2v) is 9.16. The summed E-state index contributed by atoms with van der Waals surface area (Å²) in [6, 6.07) is 25.0. The number of carbonyl (C=O) groups excluding carboxylic acids is 1. The van der Waals surface area contributed by atoms with Crippen molar-refractivity contribution in [2.24, 2.45) is 0 Å². The number of para-hydroxylation sites is 2. The van der Waals surface area contributed by atoms with Crippen molar-refractivity contribution in [3.05, 3.63) is 100 Å². The normalized spacial score (nSPS) is 11.1. The number of aromatic nitrogens is 4. The molecule has 2 aromatic heterocycles. The molecule has 36 heavy (non-hydrogen) atoms. The smallest absolute Gasteiger partial charge is 0.263 e. The molecule has 0 unspecified atom stereocenters. The first-order valence-corrected chi connectivity index (χ1v) is 12.6. The molecule has 0 aliphatic rings. The van der Waals surface area contributed by atoms with Crippen LogP contribution in [-0.2, 0) is 17.8 Å². The molecule has 0 saturated carbocycles. The van der Waals surface area contributed by atoms with Gasteiger partial charge in [-0.1, -0.05) is 72.4 Å². The second-order valence-electron chi connectivity index (χ2n) is 8.21. The Kier molecular flexibility index (Phi) is 6.99. The summed E-state index contributed by atoms with van der Waals surface area (Å²) >= 11 is 1.29. The van der Waals surface area contributed by atoms with Crippen LogP contribution in [0.1, 0.15) is 11.1 Å². The van der Waals surface area contributed by atoms with E-state index < -0.39 is 0 Å². The molecule has 0 aliphatic heterocycles. The summed E-state index contributed by atoms with van der Waals surface area (Å²) in [5, 5.41) is 12.7. The fraction of sp³-hybridized carbons (Fsp3) is 0.185. The van der Waals surface area contributed by atoms with Gasteiger partial charge in [-0.25, -0.2) is 0 Å². The number of nitrogens with one attached hydrogen (secondary N) is 1. The number of amides is 1. The lowest BCUT2D eigenvalue weighted by Crippen LogP contribution is -2.27. The number of hydrogen-bond donors (Lipinski definition) is 1. The molecule has 1 amide bonds. The summed E-state index contributed by atoms with van der Waals surface area (Å²) < 4.78 is 8.92. The summed E-state index contributed by atoms with van der Waals surface area (Å²) in [5.41, 5.74) is 2.57. The zero-order valence-electron chi connectivity index (χ0n) is 19.8. The molecule has 3 aromatic carbocycles. The molecule has 0 radical (unpaired) electrons. The molecule has 0 spiro atoms. The Morgan fingerprint density at radius 1 is 0.972 bits per heavy atom. The fourth-order valence-electron chi connectivity index (χ4n) is 4.15. The number of fused-ring (bicyclic) bond motifs is 3. The predicted molar refractivity (Wildman–Crippen MR) is 141 cm³/mol. The van der Waals surface area contributed by atoms with Crippen LogP contribution in [-0.4, -0.2) is 44.5 Å². The second kappa shape index (κ2) is 10.7. The third-order valence-electron chi connectivity index (χ3n) is 5.91. The van der Waals surface area contributed by atoms with Gasteiger partial charge in [-0.3, -0.25) is 18.6 Å². The molecule has 2 heterocycles. The highest BCUT2D eigenvalue weighted by Crippen LogP contribution is 2.23. The molecule has 1 N–H and O–H groups in total. The quantitative estimate of drug-likeness (QED) is 0.312. The topological polar surface area (TPSA) is 90.5 Å². The van der Waals surface area contributed by atoms with Crippen LogP contribution in [0.4, 0.5) is 0 Å². The summed E-state index contributed by atoms with van der Waals surface area (Å²) in [4.78, 5) is 25.9. The lowest BCUT2D eigenvalue weighted by molar-refractivity contribution is -0.118. The van der Waals surface area contributed by atoms with E-state index in [-0.39, 0.29) is 23.8 Å². The van der Waals surface area contributed by atoms with E-state index in [1.54, 1.807) is 17.7 Å². The van der Waals surface area contributed by atoms with Crippen LogP contribution in [0.5, 0.6) is 5.75 Å². The summed E-state index contributed by atoms with van der Waals surface area (Å²) in [6.45, 7) is 0.839. The lowest BCUT2D eigenvalue weighted by Gasteiger charge is -2.13. The van der Waals surface area contributed by atoms with Crippen LogP contribution in [0.3, 0.4) is 0 Å². The minimum Gasteiger partial charge on any atom is -0.496 e. The molecule has 0 saturated heterocycles. The van der Waals surface area contributed by atoms with Crippen LogP contribution in [0.2, 0.25) is 0 Å². The van der Waals surface area contributed by atoms with E-state index in [1.165, 1.54) is 17.3 Å². The molecule has 5 aromatic rings. The molecule has 9 heteroatoms. The number of rotatable bonds is 9. The largest absolute Gasteiger partial charge is 0.496 e. The highest BCUT2D eigenvalue weighted by Gasteiger charge is 2.18. The van der Waals surface area contributed by atoms with Crippen molar-refractivity contribution in [3.8, 4) is 5.75 Å². The zero-order chi connectivity index (χ0) is 24.9. The van der Waals surface area contributed by atoms with E-state index >= 15 is 0 Å². The maximum atomic E-state index is 13.4. The lowest BCUT2D eigenvalue weighted by atomic mass is 10.1. The maximum absolute atomic E-state index is 13.4. The number of methoxy groups -OCH3 is 1. The van der Waals surface area contributed by atoms with E-state index in [9.17, 15) is 9.59 Å². The SMILES string of the molecule is COc1ccccc1Cn1c(=O)c2ccccc2n2c(SCC(=O)NCCc3ccccc3)nnc12. The molecule has 0 fully saturated rings. The highest BCUT2D eigenvalue weighted by molar-refractivity contribution is 7.99. The van der Waals surface area contributed by atoms with Gasteiger partial charge in [-0.05, 0) is 30.2 Å². The van der Waals surface area contributed by atoms with E-state index in [0.717, 1.165) is 12.0 Å². The first-order chi connectivity index (χ1) is 17.7. The predicted octanol–water partition coefficient (Wildman–Crippen LogP) is 3.55. The molecule has 182 valence electrons. The highest BCUT2D eigenvalue weighted by atomic mass is 32.2. The first kappa shape index (κ1) is 23.6. The van der Waals surface area contributed by atoms with E-state index in [4.69, 9.17) is 4.74 Å². The molecular weight excluding hydrogens is 474 g/mol. The average molecular weight is 500 g/mol. The Hall–Kier alpha value is -4.11. The maximum Gasteiger partial charge on any atom is 0.263 e. The third kappa shape index (κ3) is 4.83. The molecule has 5 rings (SSSR count). The summed E-state index contributed by atoms with van der Waals surface area (Å²) in [7, 11) is 1.61. The van der Waals surface area contributed by atoms with Gasteiger partial charge < -0.3 is 10.1 Å². The molecule has 0 bridgehead atoms. The monoisotopic (exact) mass is 499 g/mol. The fourth-order valence-corrected chi connectivity index (χ4v) is 4.92. The summed E-state index contributed by atoms with van der Waals surface area (Å²) in [5.74, 6) is 1.21. The van der Waals surface area contributed by atoms with Gasteiger partial charge in [0.05, 0.1) is 30.3 Å². The van der Waals surface area contributed by atoms with Crippen molar-refractivity contribution in [3.63, 3.8) is 0 Å². The Balaban J connectivity index is 1.41. The minimum atomic E-state index is -0.161. The van der Waals surface area contributed by atoms with Gasteiger partial charge in [0.25, 0.3) is 5.56 Å². The van der Waals surface area contributed by atoms with Gasteiger partial charge in [-0.15, -0.1) is 10.2 Å². The minimum absolute atomic E-state index is 0.0840. The van der Waals surface area contributed by atoms with E-state index in [2.05, 4.69) is 15.5 Å². The van der Waals surface area contributed by atoms with Crippen molar-refractivity contribution in [2.75, 3.05) is 19.4 Å². The van der Waals surface area contributed by atoms with Crippen LogP contribution in [0.25, 0.3) is 16.7 Å². The number of benzene rings is 3. The van der Waals surface area contributed by atoms with E-state index in [0.29, 0.717) is 34.1 Å². The number of hydrogen-bond acceptors (Lipinski definition) is 6. The first-order valence-electron chi connectivity index (χ1n) is 11.6. The number of nitrogens with zero attached hydrogens (tertiary/aromatic N) is 4. The van der Waals surface area contributed by atoms with Crippen LogP contribution < -0.4 is 15.6 Å². The van der Waals surface area contributed by atoms with Gasteiger partial charge in [0.1, 0.15) is 5.75 Å². The van der Waals surface area contributed by atoms with Gasteiger partial charge in [0, 0.05) is 12.1 Å². The zero-order valence-corrected chi connectivity index (χ0v) is 20.6. The van der Waals surface area contributed by atoms with Crippen LogP contribution in [0.15, 0.2) is 88.8 Å². The Morgan fingerprint density at radius 3 is 2.56 bits per heavy atom. The summed E-state index contributed by atoms with van der Waals surface area (Å²) in [6.07, 6.45) is 0.769. The number of carbonyl (C=O) groups is 1. The Bertz CT molecular complexity index is 1580. The molecular formula is C27H25N5O3S. The van der Waals surface area contributed by atoms with Crippen molar-refractivity contribution >= 4 is 34.3 Å². The van der Waals surface area contributed by atoms with Crippen molar-refractivity contribution in [1.29, 1.82) is 0 Å². The molecule has 8 nitrogen and oxygen atoms in total. The third-order valence-corrected chi connectivity index (χ3v) is 6.84. The Morgan fingerprint density at radius 2 is 1.72 bits per heavy atom. The molecule has 0 atom stereocenters. The molecule has 0 aliphatic carbocycles. The van der Waals surface area contributed by atoms with Crippen LogP contribution >= 0.6 is 11.8 Å².